The molecule has 5 heteroatoms. The number of para-hydroxylation sites is 1. The molecule has 4 nitrogen and oxygen atoms in total. The first-order valence-corrected chi connectivity index (χ1v) is 7.56. The number of aromatic nitrogens is 2. The Morgan fingerprint density at radius 2 is 2.04 bits per heavy atom. The highest BCUT2D eigenvalue weighted by atomic mass is 35.5. The van der Waals surface area contributed by atoms with E-state index in [9.17, 15) is 4.79 Å². The number of halogens is 1. The largest absolute Gasteiger partial charge is 0.478 e. The number of hydrogen-bond acceptors (Lipinski definition) is 2. The van der Waals surface area contributed by atoms with Crippen molar-refractivity contribution < 1.29 is 9.90 Å². The van der Waals surface area contributed by atoms with Crippen LogP contribution in [0.1, 0.15) is 18.9 Å². The van der Waals surface area contributed by atoms with Gasteiger partial charge in [-0.25, -0.2) is 4.79 Å². The second-order valence-electron chi connectivity index (χ2n) is 5.48. The lowest BCUT2D eigenvalue weighted by Crippen LogP contribution is -1.96. The van der Waals surface area contributed by atoms with Crippen LogP contribution in [0.15, 0.2) is 66.6 Å². The molecule has 0 unspecified atom stereocenters. The summed E-state index contributed by atoms with van der Waals surface area (Å²) >= 11 is 0. The number of benzene rings is 1. The van der Waals surface area contributed by atoms with Crippen LogP contribution in [0.25, 0.3) is 16.6 Å². The highest BCUT2D eigenvalue weighted by molar-refractivity contribution is 5.86. The summed E-state index contributed by atoms with van der Waals surface area (Å²) < 4.78 is 2.13. The van der Waals surface area contributed by atoms with E-state index in [4.69, 9.17) is 5.11 Å². The minimum atomic E-state index is -0.859. The van der Waals surface area contributed by atoms with Crippen LogP contribution in [0.4, 0.5) is 0 Å². The molecule has 0 aliphatic rings. The van der Waals surface area contributed by atoms with Gasteiger partial charge in [-0.15, -0.1) is 12.4 Å². The molecule has 0 spiro atoms. The fourth-order valence-corrected chi connectivity index (χ4v) is 2.69. The smallest absolute Gasteiger partial charge is 0.330 e. The van der Waals surface area contributed by atoms with Crippen LogP contribution < -0.4 is 0 Å². The zero-order valence-corrected chi connectivity index (χ0v) is 14.2. The van der Waals surface area contributed by atoms with Gasteiger partial charge in [0.15, 0.2) is 0 Å². The number of aliphatic carboxylic acids is 1. The summed E-state index contributed by atoms with van der Waals surface area (Å²) in [4.78, 5) is 15.1. The molecule has 0 radical (unpaired) electrons. The number of allylic oxidation sites excluding steroid dienone is 1. The third kappa shape index (κ3) is 3.66. The summed E-state index contributed by atoms with van der Waals surface area (Å²) in [6.07, 6.45) is 9.00. The molecule has 124 valence electrons. The average Bonchev–Trinajstić information content (AvgIpc) is 2.94. The Hall–Kier alpha value is -2.59. The number of aryl methyl sites for hydroxylation is 1. The van der Waals surface area contributed by atoms with E-state index in [1.165, 1.54) is 10.9 Å². The van der Waals surface area contributed by atoms with Crippen LogP contribution in [-0.4, -0.2) is 20.6 Å². The van der Waals surface area contributed by atoms with Gasteiger partial charge in [0.25, 0.3) is 0 Å². The van der Waals surface area contributed by atoms with Gasteiger partial charge in [-0.2, -0.15) is 0 Å². The van der Waals surface area contributed by atoms with Crippen molar-refractivity contribution in [3.05, 3.63) is 72.2 Å². The molecule has 1 aromatic carbocycles. The lowest BCUT2D eigenvalue weighted by atomic mass is 10.1. The second kappa shape index (κ2) is 7.79. The number of fused-ring (bicyclic) bond motifs is 1. The Morgan fingerprint density at radius 3 is 2.75 bits per heavy atom. The molecule has 0 saturated carbocycles. The Morgan fingerprint density at radius 1 is 1.25 bits per heavy atom. The summed E-state index contributed by atoms with van der Waals surface area (Å²) in [5, 5.41) is 10.1. The van der Waals surface area contributed by atoms with E-state index in [1.807, 2.05) is 30.5 Å². The zero-order valence-electron chi connectivity index (χ0n) is 13.3. The van der Waals surface area contributed by atoms with Crippen LogP contribution in [0.2, 0.25) is 0 Å². The summed E-state index contributed by atoms with van der Waals surface area (Å²) in [6, 6.07) is 12.2. The third-order valence-corrected chi connectivity index (χ3v) is 3.92. The first-order valence-electron chi connectivity index (χ1n) is 7.56. The van der Waals surface area contributed by atoms with Crippen molar-refractivity contribution >= 4 is 29.3 Å². The quantitative estimate of drug-likeness (QED) is 0.699. The summed E-state index contributed by atoms with van der Waals surface area (Å²) in [6.45, 7) is 1.63. The number of pyridine rings is 1. The Balaban J connectivity index is 0.00000208. The molecule has 0 amide bonds. The molecule has 1 N–H and O–H groups in total. The number of carboxylic acids is 1. The molecular weight excluding hydrogens is 324 g/mol. The monoisotopic (exact) mass is 342 g/mol. The Labute approximate surface area is 146 Å². The molecular formula is C19H19ClN2O2. The zero-order chi connectivity index (χ0) is 16.2. The number of hydrogen-bond donors (Lipinski definition) is 1. The normalized spacial score (nSPS) is 11.3. The molecule has 24 heavy (non-hydrogen) atoms. The fourth-order valence-electron chi connectivity index (χ4n) is 2.69. The van der Waals surface area contributed by atoms with E-state index in [0.29, 0.717) is 12.0 Å². The molecule has 0 aliphatic heterocycles. The van der Waals surface area contributed by atoms with Gasteiger partial charge in [-0.1, -0.05) is 24.3 Å². The van der Waals surface area contributed by atoms with E-state index in [0.717, 1.165) is 17.6 Å². The van der Waals surface area contributed by atoms with E-state index in [2.05, 4.69) is 27.9 Å². The van der Waals surface area contributed by atoms with Gasteiger partial charge in [0.2, 0.25) is 0 Å². The molecule has 3 rings (SSSR count). The topological polar surface area (TPSA) is 55.1 Å². The number of carboxylic acid groups (broad SMARTS) is 1. The van der Waals surface area contributed by atoms with Crippen LogP contribution in [-0.2, 0) is 11.2 Å². The van der Waals surface area contributed by atoms with Gasteiger partial charge in [-0.05, 0) is 43.5 Å². The van der Waals surface area contributed by atoms with Gasteiger partial charge in [0.1, 0.15) is 0 Å². The van der Waals surface area contributed by atoms with E-state index in [-0.39, 0.29) is 12.4 Å². The lowest BCUT2D eigenvalue weighted by molar-refractivity contribution is -0.132. The predicted molar refractivity (Wildman–Crippen MR) is 98.0 cm³/mol. The molecule has 2 aromatic heterocycles. The molecule has 0 bridgehead atoms. The molecule has 0 atom stereocenters. The van der Waals surface area contributed by atoms with E-state index in [1.54, 1.807) is 19.2 Å². The summed E-state index contributed by atoms with van der Waals surface area (Å²) in [5.74, 6) is -0.859. The summed E-state index contributed by atoms with van der Waals surface area (Å²) in [7, 11) is 0. The van der Waals surface area contributed by atoms with Crippen LogP contribution >= 0.6 is 12.4 Å². The highest BCUT2D eigenvalue weighted by Crippen LogP contribution is 2.25. The SMILES string of the molecule is CC(=CCCc1cn(-c2cccnc2)c2ccccc12)C(=O)O.Cl. The van der Waals surface area contributed by atoms with Crippen LogP contribution in [0.5, 0.6) is 0 Å². The number of nitrogens with zero attached hydrogens (tertiary/aromatic N) is 2. The highest BCUT2D eigenvalue weighted by Gasteiger charge is 2.09. The average molecular weight is 343 g/mol. The van der Waals surface area contributed by atoms with E-state index < -0.39 is 5.97 Å². The summed E-state index contributed by atoms with van der Waals surface area (Å²) in [5.41, 5.74) is 3.75. The maximum atomic E-state index is 10.9. The minimum absolute atomic E-state index is 0. The number of carbonyl (C=O) groups is 1. The maximum Gasteiger partial charge on any atom is 0.330 e. The fraction of sp³-hybridized carbons (Fsp3) is 0.158. The van der Waals surface area contributed by atoms with Gasteiger partial charge in [0, 0.05) is 23.4 Å². The van der Waals surface area contributed by atoms with Crippen LogP contribution in [0.3, 0.4) is 0 Å². The lowest BCUT2D eigenvalue weighted by Gasteiger charge is -2.03. The standard InChI is InChI=1S/C19H18N2O2.ClH/c1-14(19(22)23)6-4-7-15-13-21(16-8-5-11-20-12-16)18-10-3-2-9-17(15)18;/h2-3,5-6,8-13H,4,7H2,1H3,(H,22,23);1H. The molecule has 0 fully saturated rings. The van der Waals surface area contributed by atoms with Crippen molar-refractivity contribution in [3.63, 3.8) is 0 Å². The molecule has 0 aliphatic carbocycles. The van der Waals surface area contributed by atoms with Crippen molar-refractivity contribution in [2.75, 3.05) is 0 Å². The molecule has 2 heterocycles. The van der Waals surface area contributed by atoms with Gasteiger partial charge in [-0.3, -0.25) is 4.98 Å². The van der Waals surface area contributed by atoms with Gasteiger partial charge >= 0.3 is 5.97 Å². The van der Waals surface area contributed by atoms with Crippen LogP contribution in [0, 0.1) is 0 Å². The van der Waals surface area contributed by atoms with Crippen molar-refractivity contribution in [1.82, 2.24) is 9.55 Å². The predicted octanol–water partition coefficient (Wildman–Crippen LogP) is 4.41. The van der Waals surface area contributed by atoms with Crippen molar-refractivity contribution in [2.24, 2.45) is 0 Å². The Bertz CT molecular complexity index is 869. The first-order chi connectivity index (χ1) is 11.2. The Kier molecular flexibility index (Phi) is 5.77. The van der Waals surface area contributed by atoms with Gasteiger partial charge < -0.3 is 9.67 Å². The van der Waals surface area contributed by atoms with Gasteiger partial charge in [0.05, 0.1) is 17.4 Å². The van der Waals surface area contributed by atoms with Crippen molar-refractivity contribution in [1.29, 1.82) is 0 Å². The number of rotatable bonds is 5. The first kappa shape index (κ1) is 17.8. The van der Waals surface area contributed by atoms with E-state index >= 15 is 0 Å². The molecule has 3 aromatic rings. The third-order valence-electron chi connectivity index (χ3n) is 3.92. The maximum absolute atomic E-state index is 10.9. The van der Waals surface area contributed by atoms with Crippen molar-refractivity contribution in [2.45, 2.75) is 19.8 Å². The van der Waals surface area contributed by atoms with Crippen molar-refractivity contribution in [3.8, 4) is 5.69 Å². The second-order valence-corrected chi connectivity index (χ2v) is 5.48. The molecule has 0 saturated heterocycles. The minimum Gasteiger partial charge on any atom is -0.478 e.